The molecule has 1 aromatic rings. The molecule has 1 rings (SSSR count). The average molecular weight is 211 g/mol. The molecule has 1 heterocycles. The Morgan fingerprint density at radius 1 is 1.54 bits per heavy atom. The van der Waals surface area contributed by atoms with Gasteiger partial charge in [0.05, 0.1) is 16.7 Å². The van der Waals surface area contributed by atoms with Crippen LogP contribution in [-0.2, 0) is 12.8 Å². The van der Waals surface area contributed by atoms with E-state index in [0.717, 1.165) is 12.2 Å². The predicted molar refractivity (Wildman–Crippen MR) is 59.4 cm³/mol. The van der Waals surface area contributed by atoms with Gasteiger partial charge < -0.3 is 0 Å². The van der Waals surface area contributed by atoms with Gasteiger partial charge in [0, 0.05) is 4.88 Å². The molecule has 1 nitrogen and oxygen atoms in total. The van der Waals surface area contributed by atoms with Crippen molar-refractivity contribution in [3.63, 3.8) is 0 Å². The van der Waals surface area contributed by atoms with Crippen molar-refractivity contribution in [2.75, 3.05) is 5.75 Å². The van der Waals surface area contributed by atoms with E-state index in [2.05, 4.69) is 26.0 Å². The second-order valence-corrected chi connectivity index (χ2v) is 5.32. The predicted octanol–water partition coefficient (Wildman–Crippen LogP) is 3.49. The van der Waals surface area contributed by atoms with E-state index in [-0.39, 0.29) is 0 Å². The smallest absolute Gasteiger partial charge is 0.0670 e. The third-order valence-corrected chi connectivity index (χ3v) is 4.25. The van der Waals surface area contributed by atoms with E-state index in [9.17, 15) is 0 Å². The first kappa shape index (κ1) is 10.6. The second-order valence-electron chi connectivity index (χ2n) is 2.65. The largest absolute Gasteiger partial charge is 0.198 e. The molecule has 0 aliphatic rings. The Bertz CT molecular complexity index is 309. The number of rotatable bonds is 4. The van der Waals surface area contributed by atoms with Crippen LogP contribution in [0.5, 0.6) is 0 Å². The Morgan fingerprint density at radius 2 is 2.31 bits per heavy atom. The molecule has 0 saturated heterocycles. The van der Waals surface area contributed by atoms with Crippen LogP contribution in [-0.4, -0.2) is 5.75 Å². The third-order valence-electron chi connectivity index (χ3n) is 1.71. The normalized spacial score (nSPS) is 9.92. The number of nitrogens with zero attached hydrogens (tertiary/aromatic N) is 1. The summed E-state index contributed by atoms with van der Waals surface area (Å²) in [6.07, 6.45) is 1.63. The first-order valence-electron chi connectivity index (χ1n) is 4.43. The minimum Gasteiger partial charge on any atom is -0.198 e. The fraction of sp³-hybridized carbons (Fsp3) is 0.500. The van der Waals surface area contributed by atoms with E-state index in [1.165, 1.54) is 14.6 Å². The van der Waals surface area contributed by atoms with Gasteiger partial charge in [0.2, 0.25) is 0 Å². The Kier molecular flexibility index (Phi) is 4.34. The van der Waals surface area contributed by atoms with Crippen molar-refractivity contribution in [2.45, 2.75) is 30.9 Å². The quantitative estimate of drug-likeness (QED) is 0.712. The Hall–Kier alpha value is -0.460. The third kappa shape index (κ3) is 2.75. The van der Waals surface area contributed by atoms with Gasteiger partial charge in [0.1, 0.15) is 0 Å². The van der Waals surface area contributed by atoms with E-state index >= 15 is 0 Å². The van der Waals surface area contributed by atoms with Gasteiger partial charge in [-0.15, -0.1) is 23.1 Å². The molecule has 1 aromatic heterocycles. The molecule has 0 aliphatic heterocycles. The van der Waals surface area contributed by atoms with Crippen LogP contribution in [0, 0.1) is 11.3 Å². The van der Waals surface area contributed by atoms with Gasteiger partial charge in [-0.25, -0.2) is 0 Å². The van der Waals surface area contributed by atoms with Crippen molar-refractivity contribution in [1.82, 2.24) is 0 Å². The van der Waals surface area contributed by atoms with Crippen LogP contribution >= 0.6 is 23.1 Å². The standard InChI is InChI=1S/C10H13NS2/c1-3-9-7-8(5-6-11)10(13-9)12-4-2/h7H,3-5H2,1-2H3. The highest BCUT2D eigenvalue weighted by Gasteiger charge is 2.07. The lowest BCUT2D eigenvalue weighted by molar-refractivity contribution is 1.17. The number of thioether (sulfide) groups is 1. The van der Waals surface area contributed by atoms with Crippen molar-refractivity contribution in [1.29, 1.82) is 5.26 Å². The topological polar surface area (TPSA) is 23.8 Å². The fourth-order valence-electron chi connectivity index (χ4n) is 1.10. The van der Waals surface area contributed by atoms with Gasteiger partial charge in [-0.05, 0) is 23.8 Å². The number of hydrogen-bond donors (Lipinski definition) is 0. The molecule has 0 radical (unpaired) electrons. The summed E-state index contributed by atoms with van der Waals surface area (Å²) in [7, 11) is 0. The van der Waals surface area contributed by atoms with Crippen LogP contribution < -0.4 is 0 Å². The molecule has 3 heteroatoms. The molecule has 0 fully saturated rings. The molecule has 70 valence electrons. The molecule has 13 heavy (non-hydrogen) atoms. The Balaban J connectivity index is 2.87. The lowest BCUT2D eigenvalue weighted by Gasteiger charge is -1.94. The molecule has 0 amide bonds. The second kappa shape index (κ2) is 5.31. The SMILES string of the molecule is CCSc1sc(CC)cc1CC#N. The highest BCUT2D eigenvalue weighted by molar-refractivity contribution is 8.01. The number of aryl methyl sites for hydroxylation is 1. The zero-order valence-electron chi connectivity index (χ0n) is 7.96. The van der Waals surface area contributed by atoms with E-state index in [1.54, 1.807) is 0 Å². The van der Waals surface area contributed by atoms with Crippen molar-refractivity contribution < 1.29 is 0 Å². The van der Waals surface area contributed by atoms with Crippen LogP contribution in [0.4, 0.5) is 0 Å². The first-order chi connectivity index (χ1) is 6.31. The van der Waals surface area contributed by atoms with Crippen LogP contribution in [0.2, 0.25) is 0 Å². The van der Waals surface area contributed by atoms with Crippen molar-refractivity contribution in [3.8, 4) is 6.07 Å². The van der Waals surface area contributed by atoms with Crippen LogP contribution in [0.15, 0.2) is 10.3 Å². The van der Waals surface area contributed by atoms with Crippen LogP contribution in [0.1, 0.15) is 24.3 Å². The van der Waals surface area contributed by atoms with Gasteiger partial charge in [-0.1, -0.05) is 13.8 Å². The molecule has 0 spiro atoms. The monoisotopic (exact) mass is 211 g/mol. The number of thiophene rings is 1. The summed E-state index contributed by atoms with van der Waals surface area (Å²) in [4.78, 5) is 1.39. The summed E-state index contributed by atoms with van der Waals surface area (Å²) in [6.45, 7) is 4.30. The molecule has 0 saturated carbocycles. The minimum absolute atomic E-state index is 0.554. The maximum atomic E-state index is 8.64. The van der Waals surface area contributed by atoms with Gasteiger partial charge in [-0.2, -0.15) is 5.26 Å². The van der Waals surface area contributed by atoms with Crippen molar-refractivity contribution in [3.05, 3.63) is 16.5 Å². The van der Waals surface area contributed by atoms with Gasteiger partial charge >= 0.3 is 0 Å². The maximum absolute atomic E-state index is 8.64. The summed E-state index contributed by atoms with van der Waals surface area (Å²) in [6, 6.07) is 4.39. The van der Waals surface area contributed by atoms with Crippen LogP contribution in [0.3, 0.4) is 0 Å². The first-order valence-corrected chi connectivity index (χ1v) is 6.23. The Morgan fingerprint density at radius 3 is 2.85 bits per heavy atom. The van der Waals surface area contributed by atoms with Crippen molar-refractivity contribution in [2.24, 2.45) is 0 Å². The van der Waals surface area contributed by atoms with Gasteiger partial charge in [0.15, 0.2) is 0 Å². The zero-order chi connectivity index (χ0) is 9.68. The lowest BCUT2D eigenvalue weighted by atomic mass is 10.2. The van der Waals surface area contributed by atoms with E-state index in [1.807, 2.05) is 23.1 Å². The average Bonchev–Trinajstić information content (AvgIpc) is 2.50. The van der Waals surface area contributed by atoms with Gasteiger partial charge in [0.25, 0.3) is 0 Å². The highest BCUT2D eigenvalue weighted by atomic mass is 32.2. The van der Waals surface area contributed by atoms with Crippen molar-refractivity contribution >= 4 is 23.1 Å². The van der Waals surface area contributed by atoms with E-state index in [4.69, 9.17) is 5.26 Å². The lowest BCUT2D eigenvalue weighted by Crippen LogP contribution is -1.79. The highest BCUT2D eigenvalue weighted by Crippen LogP contribution is 2.32. The Labute approximate surface area is 87.8 Å². The maximum Gasteiger partial charge on any atom is 0.0670 e. The molecular weight excluding hydrogens is 198 g/mol. The summed E-state index contributed by atoms with van der Waals surface area (Å²) in [5.74, 6) is 1.09. The number of hydrogen-bond acceptors (Lipinski definition) is 3. The molecule has 0 unspecified atom stereocenters. The summed E-state index contributed by atoms with van der Waals surface area (Å²) in [5, 5.41) is 8.64. The summed E-state index contributed by atoms with van der Waals surface area (Å²) in [5.41, 5.74) is 1.22. The van der Waals surface area contributed by atoms with E-state index in [0.29, 0.717) is 6.42 Å². The number of nitriles is 1. The molecule has 0 N–H and O–H groups in total. The molecule has 0 aromatic carbocycles. The van der Waals surface area contributed by atoms with E-state index < -0.39 is 0 Å². The fourth-order valence-corrected chi connectivity index (χ4v) is 3.44. The summed E-state index contributed by atoms with van der Waals surface area (Å²) >= 11 is 3.68. The van der Waals surface area contributed by atoms with Crippen LogP contribution in [0.25, 0.3) is 0 Å². The molecule has 0 bridgehead atoms. The molecule has 0 atom stereocenters. The minimum atomic E-state index is 0.554. The molecule has 0 aliphatic carbocycles. The van der Waals surface area contributed by atoms with Gasteiger partial charge in [-0.3, -0.25) is 0 Å². The summed E-state index contributed by atoms with van der Waals surface area (Å²) < 4.78 is 1.33. The zero-order valence-corrected chi connectivity index (χ0v) is 9.60. The molecular formula is C10H13NS2.